The molecule has 2 nitrogen and oxygen atoms in total. The van der Waals surface area contributed by atoms with Crippen molar-refractivity contribution in [3.8, 4) is 0 Å². The van der Waals surface area contributed by atoms with E-state index in [0.717, 1.165) is 23.4 Å². The van der Waals surface area contributed by atoms with Crippen LogP contribution in [-0.2, 0) is 6.42 Å². The van der Waals surface area contributed by atoms with Crippen molar-refractivity contribution in [2.24, 2.45) is 0 Å². The molecule has 4 heteroatoms. The number of aryl methyl sites for hydroxylation is 1. The number of aromatic nitrogens is 1. The normalized spacial score (nSPS) is 12.4. The largest absolute Gasteiger partial charge is 0.313 e. The predicted molar refractivity (Wildman–Crippen MR) is 70.8 cm³/mol. The number of hydrogen-bond acceptors (Lipinski definition) is 2. The van der Waals surface area contributed by atoms with Crippen molar-refractivity contribution in [1.82, 2.24) is 10.3 Å². The van der Waals surface area contributed by atoms with E-state index in [9.17, 15) is 8.78 Å². The van der Waals surface area contributed by atoms with Gasteiger partial charge < -0.3 is 5.32 Å². The Kier molecular flexibility index (Phi) is 4.22. The minimum absolute atomic E-state index is 0.302. The predicted octanol–water partition coefficient (Wildman–Crippen LogP) is 3.17. The lowest BCUT2D eigenvalue weighted by Gasteiger charge is -2.18. The molecular weight excluding hydrogens is 246 g/mol. The number of halogens is 2. The molecule has 1 aromatic heterocycles. The zero-order valence-electron chi connectivity index (χ0n) is 11.0. The van der Waals surface area contributed by atoms with Crippen LogP contribution in [0, 0.1) is 18.6 Å². The third-order valence-electron chi connectivity index (χ3n) is 3.20. The summed E-state index contributed by atoms with van der Waals surface area (Å²) in [4.78, 5) is 4.29. The molecule has 0 saturated heterocycles. The van der Waals surface area contributed by atoms with E-state index < -0.39 is 11.6 Å². The number of rotatable bonds is 4. The first-order valence-corrected chi connectivity index (χ1v) is 6.14. The molecule has 0 spiro atoms. The quantitative estimate of drug-likeness (QED) is 0.915. The van der Waals surface area contributed by atoms with E-state index in [1.54, 1.807) is 13.2 Å². The number of nitrogens with one attached hydrogen (secondary N) is 1. The Morgan fingerprint density at radius 1 is 1.26 bits per heavy atom. The Balaban J connectivity index is 2.30. The second-order valence-corrected chi connectivity index (χ2v) is 4.48. The number of pyridine rings is 1. The molecule has 19 heavy (non-hydrogen) atoms. The molecule has 0 bridgehead atoms. The van der Waals surface area contributed by atoms with Crippen LogP contribution >= 0.6 is 0 Å². The zero-order chi connectivity index (χ0) is 13.8. The molecule has 1 unspecified atom stereocenters. The third kappa shape index (κ3) is 3.15. The minimum Gasteiger partial charge on any atom is -0.313 e. The van der Waals surface area contributed by atoms with E-state index in [0.29, 0.717) is 12.0 Å². The molecule has 1 heterocycles. The van der Waals surface area contributed by atoms with Crippen molar-refractivity contribution in [3.05, 3.63) is 65.0 Å². The van der Waals surface area contributed by atoms with Gasteiger partial charge in [-0.3, -0.25) is 4.98 Å². The molecule has 2 aromatic rings. The first-order chi connectivity index (χ1) is 9.11. The molecule has 0 radical (unpaired) electrons. The number of nitrogens with zero attached hydrogens (tertiary/aromatic N) is 1. The van der Waals surface area contributed by atoms with Crippen LogP contribution in [0.4, 0.5) is 8.78 Å². The first-order valence-electron chi connectivity index (χ1n) is 6.14. The zero-order valence-corrected chi connectivity index (χ0v) is 11.0. The summed E-state index contributed by atoms with van der Waals surface area (Å²) in [7, 11) is 1.73. The van der Waals surface area contributed by atoms with E-state index in [-0.39, 0.29) is 6.04 Å². The Morgan fingerprint density at radius 2 is 2.05 bits per heavy atom. The van der Waals surface area contributed by atoms with E-state index in [4.69, 9.17) is 0 Å². The fourth-order valence-corrected chi connectivity index (χ4v) is 2.07. The average Bonchev–Trinajstić information content (AvgIpc) is 2.41. The van der Waals surface area contributed by atoms with Gasteiger partial charge in [0.05, 0.1) is 0 Å². The molecule has 2 rings (SSSR count). The molecule has 1 aromatic carbocycles. The standard InChI is InChI=1S/C15H16F2N2/c1-10-4-3-7-19-14(10)9-15(18-2)12-8-11(16)5-6-13(12)17/h3-8,15,18H,9H2,1-2H3. The van der Waals surface area contributed by atoms with Crippen LogP contribution < -0.4 is 5.32 Å². The number of likely N-dealkylation sites (N-methyl/N-ethyl adjacent to an activating group) is 1. The van der Waals surface area contributed by atoms with Crippen LogP contribution in [0.5, 0.6) is 0 Å². The summed E-state index contributed by atoms with van der Waals surface area (Å²) >= 11 is 0. The highest BCUT2D eigenvalue weighted by Crippen LogP contribution is 2.22. The topological polar surface area (TPSA) is 24.9 Å². The van der Waals surface area contributed by atoms with Crippen molar-refractivity contribution in [1.29, 1.82) is 0 Å². The van der Waals surface area contributed by atoms with Gasteiger partial charge in [-0.05, 0) is 43.8 Å². The Labute approximate surface area is 111 Å². The summed E-state index contributed by atoms with van der Waals surface area (Å²) in [6.07, 6.45) is 2.22. The summed E-state index contributed by atoms with van der Waals surface area (Å²) in [5, 5.41) is 3.02. The molecule has 0 aliphatic heterocycles. The summed E-state index contributed by atoms with van der Waals surface area (Å²) in [6.45, 7) is 1.96. The second kappa shape index (κ2) is 5.89. The van der Waals surface area contributed by atoms with E-state index >= 15 is 0 Å². The van der Waals surface area contributed by atoms with Crippen molar-refractivity contribution < 1.29 is 8.78 Å². The van der Waals surface area contributed by atoms with Gasteiger partial charge in [0, 0.05) is 29.9 Å². The monoisotopic (exact) mass is 262 g/mol. The number of hydrogen-bond donors (Lipinski definition) is 1. The Hall–Kier alpha value is -1.81. The SMILES string of the molecule is CNC(Cc1ncccc1C)c1cc(F)ccc1F. The fraction of sp³-hybridized carbons (Fsp3) is 0.267. The van der Waals surface area contributed by atoms with Crippen molar-refractivity contribution in [3.63, 3.8) is 0 Å². The molecule has 0 aliphatic rings. The van der Waals surface area contributed by atoms with Crippen molar-refractivity contribution in [2.75, 3.05) is 7.05 Å². The fourth-order valence-electron chi connectivity index (χ4n) is 2.07. The van der Waals surface area contributed by atoms with Gasteiger partial charge in [-0.25, -0.2) is 8.78 Å². The molecule has 0 aliphatic carbocycles. The van der Waals surface area contributed by atoms with E-state index in [2.05, 4.69) is 10.3 Å². The van der Waals surface area contributed by atoms with E-state index in [1.165, 1.54) is 6.07 Å². The molecule has 1 N–H and O–H groups in total. The van der Waals surface area contributed by atoms with Crippen LogP contribution in [0.15, 0.2) is 36.5 Å². The maximum atomic E-state index is 13.8. The van der Waals surface area contributed by atoms with Crippen LogP contribution in [0.3, 0.4) is 0 Å². The van der Waals surface area contributed by atoms with Gasteiger partial charge in [-0.1, -0.05) is 6.07 Å². The lowest BCUT2D eigenvalue weighted by Crippen LogP contribution is -2.21. The second-order valence-electron chi connectivity index (χ2n) is 4.48. The number of benzene rings is 1. The highest BCUT2D eigenvalue weighted by Gasteiger charge is 2.17. The smallest absolute Gasteiger partial charge is 0.128 e. The summed E-state index contributed by atoms with van der Waals surface area (Å²) in [5.74, 6) is -0.844. The van der Waals surface area contributed by atoms with Gasteiger partial charge in [0.2, 0.25) is 0 Å². The molecule has 1 atom stereocenters. The van der Waals surface area contributed by atoms with E-state index in [1.807, 2.05) is 19.1 Å². The molecule has 100 valence electrons. The van der Waals surface area contributed by atoms with Gasteiger partial charge in [-0.2, -0.15) is 0 Å². The maximum Gasteiger partial charge on any atom is 0.128 e. The third-order valence-corrected chi connectivity index (χ3v) is 3.20. The molecular formula is C15H16F2N2. The average molecular weight is 262 g/mol. The van der Waals surface area contributed by atoms with Gasteiger partial charge >= 0.3 is 0 Å². The van der Waals surface area contributed by atoms with Gasteiger partial charge in [0.25, 0.3) is 0 Å². The van der Waals surface area contributed by atoms with Crippen LogP contribution in [0.25, 0.3) is 0 Å². The van der Waals surface area contributed by atoms with Crippen LogP contribution in [-0.4, -0.2) is 12.0 Å². The highest BCUT2D eigenvalue weighted by atomic mass is 19.1. The van der Waals surface area contributed by atoms with Gasteiger partial charge in [0.15, 0.2) is 0 Å². The first kappa shape index (κ1) is 13.6. The van der Waals surface area contributed by atoms with Gasteiger partial charge in [0.1, 0.15) is 11.6 Å². The Morgan fingerprint density at radius 3 is 2.74 bits per heavy atom. The summed E-state index contributed by atoms with van der Waals surface area (Å²) < 4.78 is 27.0. The molecule has 0 amide bonds. The molecule has 0 saturated carbocycles. The maximum absolute atomic E-state index is 13.8. The lowest BCUT2D eigenvalue weighted by molar-refractivity contribution is 0.519. The Bertz CT molecular complexity index is 570. The van der Waals surface area contributed by atoms with Crippen molar-refractivity contribution in [2.45, 2.75) is 19.4 Å². The van der Waals surface area contributed by atoms with Crippen LogP contribution in [0.1, 0.15) is 22.9 Å². The highest BCUT2D eigenvalue weighted by molar-refractivity contribution is 5.26. The lowest BCUT2D eigenvalue weighted by atomic mass is 9.99. The van der Waals surface area contributed by atoms with Crippen LogP contribution in [0.2, 0.25) is 0 Å². The van der Waals surface area contributed by atoms with Gasteiger partial charge in [-0.15, -0.1) is 0 Å². The molecule has 0 fully saturated rings. The summed E-state index contributed by atoms with van der Waals surface area (Å²) in [6, 6.07) is 7.02. The minimum atomic E-state index is -0.436. The van der Waals surface area contributed by atoms with Crippen molar-refractivity contribution >= 4 is 0 Å². The summed E-state index contributed by atoms with van der Waals surface area (Å²) in [5.41, 5.74) is 2.25.